The molecule has 1 amide bonds. The van der Waals surface area contributed by atoms with Crippen LogP contribution in [0, 0.1) is 13.8 Å². The molecule has 1 fully saturated rings. The van der Waals surface area contributed by atoms with Crippen LogP contribution in [-0.4, -0.2) is 35.5 Å². The van der Waals surface area contributed by atoms with Crippen LogP contribution in [0.1, 0.15) is 44.9 Å². The molecule has 1 spiro atoms. The predicted octanol–water partition coefficient (Wildman–Crippen LogP) is 4.62. The second kappa shape index (κ2) is 6.68. The third kappa shape index (κ3) is 2.85. The van der Waals surface area contributed by atoms with Gasteiger partial charge in [-0.15, -0.1) is 11.3 Å². The molecule has 3 aromatic rings. The molecule has 0 radical (unpaired) electrons. The van der Waals surface area contributed by atoms with Crippen molar-refractivity contribution < 1.29 is 9.53 Å². The van der Waals surface area contributed by atoms with Crippen molar-refractivity contribution in [1.82, 2.24) is 9.88 Å². The molecule has 2 aromatic heterocycles. The van der Waals surface area contributed by atoms with Gasteiger partial charge in [0.2, 0.25) is 0 Å². The molecule has 5 rings (SSSR count). The Kier molecular flexibility index (Phi) is 4.25. The van der Waals surface area contributed by atoms with Gasteiger partial charge in [0.15, 0.2) is 0 Å². The highest BCUT2D eigenvalue weighted by Crippen LogP contribution is 2.43. The first-order valence-electron chi connectivity index (χ1n) is 9.94. The fraction of sp³-hybridized carbons (Fsp3) is 0.391. The Labute approximate surface area is 169 Å². The van der Waals surface area contributed by atoms with Crippen molar-refractivity contribution in [3.8, 4) is 0 Å². The number of carbonyl (C=O) groups excluding carboxylic acids is 1. The van der Waals surface area contributed by atoms with Gasteiger partial charge in [0.05, 0.1) is 23.3 Å². The van der Waals surface area contributed by atoms with E-state index in [-0.39, 0.29) is 11.5 Å². The predicted molar refractivity (Wildman–Crippen MR) is 112 cm³/mol. The second-order valence-electron chi connectivity index (χ2n) is 7.97. The van der Waals surface area contributed by atoms with Crippen LogP contribution in [0.15, 0.2) is 35.7 Å². The Hall–Kier alpha value is -2.24. The molecule has 0 bridgehead atoms. The molecule has 0 unspecified atom stereocenters. The summed E-state index contributed by atoms with van der Waals surface area (Å²) >= 11 is 1.83. The van der Waals surface area contributed by atoms with E-state index in [9.17, 15) is 4.79 Å². The molecule has 144 valence electrons. The lowest BCUT2D eigenvalue weighted by molar-refractivity contribution is -0.0926. The number of pyridine rings is 1. The van der Waals surface area contributed by atoms with Gasteiger partial charge in [0, 0.05) is 35.5 Å². The van der Waals surface area contributed by atoms with Gasteiger partial charge >= 0.3 is 0 Å². The van der Waals surface area contributed by atoms with Crippen molar-refractivity contribution in [2.45, 2.75) is 38.7 Å². The smallest absolute Gasteiger partial charge is 0.254 e. The van der Waals surface area contributed by atoms with Crippen LogP contribution in [-0.2, 0) is 16.8 Å². The summed E-state index contributed by atoms with van der Waals surface area (Å²) in [6.07, 6.45) is 2.74. The highest BCUT2D eigenvalue weighted by molar-refractivity contribution is 7.10. The normalized spacial score (nSPS) is 18.4. The fourth-order valence-electron chi connectivity index (χ4n) is 4.66. The molecule has 0 aliphatic carbocycles. The van der Waals surface area contributed by atoms with Gasteiger partial charge in [0.25, 0.3) is 5.91 Å². The third-order valence-electron chi connectivity index (χ3n) is 6.13. The van der Waals surface area contributed by atoms with Crippen molar-refractivity contribution in [2.75, 3.05) is 19.7 Å². The monoisotopic (exact) mass is 392 g/mol. The molecule has 1 saturated heterocycles. The number of aromatic nitrogens is 1. The second-order valence-corrected chi connectivity index (χ2v) is 8.97. The number of piperidine rings is 1. The molecule has 28 heavy (non-hydrogen) atoms. The van der Waals surface area contributed by atoms with Crippen LogP contribution in [0.2, 0.25) is 0 Å². The lowest BCUT2D eigenvalue weighted by Crippen LogP contribution is -2.48. The van der Waals surface area contributed by atoms with E-state index in [0.717, 1.165) is 66.7 Å². The summed E-state index contributed by atoms with van der Waals surface area (Å²) < 4.78 is 6.29. The maximum absolute atomic E-state index is 13.4. The van der Waals surface area contributed by atoms with Gasteiger partial charge in [-0.05, 0) is 61.4 Å². The van der Waals surface area contributed by atoms with E-state index in [2.05, 4.69) is 35.5 Å². The van der Waals surface area contributed by atoms with Crippen LogP contribution in [0.3, 0.4) is 0 Å². The van der Waals surface area contributed by atoms with E-state index in [0.29, 0.717) is 0 Å². The highest BCUT2D eigenvalue weighted by Gasteiger charge is 2.42. The first-order chi connectivity index (χ1) is 13.6. The Morgan fingerprint density at radius 3 is 2.82 bits per heavy atom. The molecule has 4 heterocycles. The molecule has 2 aliphatic rings. The van der Waals surface area contributed by atoms with Gasteiger partial charge in [-0.1, -0.05) is 12.1 Å². The number of aryl methyl sites for hydroxylation is 2. The Bertz CT molecular complexity index is 1060. The van der Waals surface area contributed by atoms with Crippen molar-refractivity contribution in [2.24, 2.45) is 0 Å². The summed E-state index contributed by atoms with van der Waals surface area (Å²) in [7, 11) is 0. The fourth-order valence-corrected chi connectivity index (χ4v) is 5.61. The van der Waals surface area contributed by atoms with E-state index in [4.69, 9.17) is 4.74 Å². The largest absolute Gasteiger partial charge is 0.370 e. The number of amides is 1. The first-order valence-corrected chi connectivity index (χ1v) is 10.8. The number of thiophene rings is 1. The number of likely N-dealkylation sites (tertiary alicyclic amines) is 1. The van der Waals surface area contributed by atoms with E-state index in [1.165, 1.54) is 10.4 Å². The zero-order chi connectivity index (χ0) is 19.3. The number of rotatable bonds is 1. The number of hydrogen-bond donors (Lipinski definition) is 0. The summed E-state index contributed by atoms with van der Waals surface area (Å²) in [5.41, 5.74) is 4.86. The van der Waals surface area contributed by atoms with Crippen LogP contribution in [0.25, 0.3) is 10.9 Å². The number of benzene rings is 1. The van der Waals surface area contributed by atoms with Crippen LogP contribution in [0.5, 0.6) is 0 Å². The molecule has 5 heteroatoms. The first kappa shape index (κ1) is 17.8. The number of hydrogen-bond acceptors (Lipinski definition) is 4. The minimum absolute atomic E-state index is 0.107. The van der Waals surface area contributed by atoms with Gasteiger partial charge in [-0.25, -0.2) is 0 Å². The molecular weight excluding hydrogens is 368 g/mol. The number of ether oxygens (including phenoxy) is 1. The zero-order valence-electron chi connectivity index (χ0n) is 16.3. The summed E-state index contributed by atoms with van der Waals surface area (Å²) in [5.74, 6) is 0.107. The Morgan fingerprint density at radius 1 is 1.18 bits per heavy atom. The summed E-state index contributed by atoms with van der Waals surface area (Å²) in [5, 5.41) is 3.11. The van der Waals surface area contributed by atoms with Crippen LogP contribution in [0.4, 0.5) is 0 Å². The van der Waals surface area contributed by atoms with Gasteiger partial charge in [-0.3, -0.25) is 9.78 Å². The van der Waals surface area contributed by atoms with Crippen LogP contribution < -0.4 is 0 Å². The van der Waals surface area contributed by atoms with E-state index in [1.54, 1.807) is 0 Å². The zero-order valence-corrected chi connectivity index (χ0v) is 17.1. The van der Waals surface area contributed by atoms with Crippen molar-refractivity contribution in [3.05, 3.63) is 63.0 Å². The van der Waals surface area contributed by atoms with Gasteiger partial charge in [-0.2, -0.15) is 0 Å². The quantitative estimate of drug-likeness (QED) is 0.607. The van der Waals surface area contributed by atoms with Crippen molar-refractivity contribution in [1.29, 1.82) is 0 Å². The average molecular weight is 393 g/mol. The minimum atomic E-state index is -0.197. The SMILES string of the molecule is Cc1ccc2c(C(=O)N3CCC4(CC3)OCCc3sccc34)cc(C)nc2c1. The van der Waals surface area contributed by atoms with Crippen LogP contribution >= 0.6 is 11.3 Å². The third-order valence-corrected chi connectivity index (χ3v) is 7.11. The lowest BCUT2D eigenvalue weighted by atomic mass is 9.82. The maximum Gasteiger partial charge on any atom is 0.254 e. The Balaban J connectivity index is 1.43. The minimum Gasteiger partial charge on any atom is -0.370 e. The van der Waals surface area contributed by atoms with Crippen molar-refractivity contribution >= 4 is 28.1 Å². The van der Waals surface area contributed by atoms with E-state index >= 15 is 0 Å². The molecule has 0 atom stereocenters. The van der Waals surface area contributed by atoms with Gasteiger partial charge in [0.1, 0.15) is 0 Å². The standard InChI is InChI=1S/C23H24N2O2S/c1-15-3-4-17-18(14-16(2)24-20(17)13-15)22(26)25-9-7-23(8-10-25)19-6-12-28-21(19)5-11-27-23/h3-4,6,12-14H,5,7-11H2,1-2H3. The molecule has 1 aromatic carbocycles. The highest BCUT2D eigenvalue weighted by atomic mass is 32.1. The number of carbonyl (C=O) groups is 1. The number of nitrogens with zero attached hydrogens (tertiary/aromatic N) is 2. The average Bonchev–Trinajstić information content (AvgIpc) is 3.18. The number of fused-ring (bicyclic) bond motifs is 3. The van der Waals surface area contributed by atoms with E-state index < -0.39 is 0 Å². The summed E-state index contributed by atoms with van der Waals surface area (Å²) in [6.45, 7) is 6.25. The molecule has 2 aliphatic heterocycles. The topological polar surface area (TPSA) is 42.4 Å². The lowest BCUT2D eigenvalue weighted by Gasteiger charge is -2.44. The van der Waals surface area contributed by atoms with E-state index in [1.807, 2.05) is 35.3 Å². The maximum atomic E-state index is 13.4. The Morgan fingerprint density at radius 2 is 2.00 bits per heavy atom. The van der Waals surface area contributed by atoms with Crippen molar-refractivity contribution in [3.63, 3.8) is 0 Å². The molecular formula is C23H24N2O2S. The molecule has 4 nitrogen and oxygen atoms in total. The van der Waals surface area contributed by atoms with Gasteiger partial charge < -0.3 is 9.64 Å². The molecule has 0 N–H and O–H groups in total. The molecule has 0 saturated carbocycles. The summed E-state index contributed by atoms with van der Waals surface area (Å²) in [6, 6.07) is 10.3. The summed E-state index contributed by atoms with van der Waals surface area (Å²) in [4.78, 5) is 21.4.